The molecule has 9 heteroatoms. The number of benzene rings is 1. The van der Waals surface area contributed by atoms with Gasteiger partial charge in [-0.2, -0.15) is 26.3 Å². The Morgan fingerprint density at radius 2 is 1.62 bits per heavy atom. The third kappa shape index (κ3) is 5.62. The molecule has 0 heterocycles. The lowest BCUT2D eigenvalue weighted by atomic mass is 10.0. The molecule has 21 heavy (non-hydrogen) atoms. The van der Waals surface area contributed by atoms with Crippen LogP contribution >= 0.6 is 0 Å². The summed E-state index contributed by atoms with van der Waals surface area (Å²) in [7, 11) is 0. The Hall–Kier alpha value is -1.77. The van der Waals surface area contributed by atoms with Crippen LogP contribution in [0.4, 0.5) is 26.3 Å². The third-order valence-electron chi connectivity index (χ3n) is 2.55. The predicted octanol–water partition coefficient (Wildman–Crippen LogP) is 2.81. The van der Waals surface area contributed by atoms with Crippen molar-refractivity contribution in [2.24, 2.45) is 0 Å². The molecule has 118 valence electrons. The van der Waals surface area contributed by atoms with Crippen LogP contribution in [0.2, 0.25) is 0 Å². The number of halogens is 6. The van der Waals surface area contributed by atoms with Gasteiger partial charge in [0.25, 0.3) is 0 Å². The molecule has 1 aromatic carbocycles. The normalized spacial score (nSPS) is 13.9. The molecule has 0 aliphatic rings. The van der Waals surface area contributed by atoms with Crippen molar-refractivity contribution in [2.45, 2.75) is 24.8 Å². The number of hydrogen-bond acceptors (Lipinski definition) is 2. The largest absolute Gasteiger partial charge is 0.416 e. The monoisotopic (exact) mass is 315 g/mol. The Kier molecular flexibility index (Phi) is 5.21. The second kappa shape index (κ2) is 6.33. The van der Waals surface area contributed by atoms with Crippen molar-refractivity contribution in [1.82, 2.24) is 5.32 Å². The second-order valence-corrected chi connectivity index (χ2v) is 4.22. The lowest BCUT2D eigenvalue weighted by Gasteiger charge is -2.20. The molecule has 2 N–H and O–H groups in total. The van der Waals surface area contributed by atoms with Gasteiger partial charge in [0.05, 0.1) is 18.0 Å². The molecular weight excluding hydrogens is 304 g/mol. The van der Waals surface area contributed by atoms with E-state index < -0.39 is 42.9 Å². The Balaban J connectivity index is 3.00. The van der Waals surface area contributed by atoms with E-state index in [1.165, 1.54) is 0 Å². The van der Waals surface area contributed by atoms with Crippen LogP contribution in [0, 0.1) is 0 Å². The highest BCUT2D eigenvalue weighted by Crippen LogP contribution is 2.33. The van der Waals surface area contributed by atoms with E-state index in [0.717, 1.165) is 12.1 Å². The van der Waals surface area contributed by atoms with Crippen LogP contribution in [0.25, 0.3) is 0 Å². The van der Waals surface area contributed by atoms with Gasteiger partial charge in [0.2, 0.25) is 5.91 Å². The van der Waals surface area contributed by atoms with Crippen LogP contribution in [0.3, 0.4) is 0 Å². The Morgan fingerprint density at radius 3 is 2.00 bits per heavy atom. The summed E-state index contributed by atoms with van der Waals surface area (Å²) in [6.45, 7) is -1.02. The summed E-state index contributed by atoms with van der Waals surface area (Å²) < 4.78 is 74.4. The van der Waals surface area contributed by atoms with E-state index in [4.69, 9.17) is 5.11 Å². The molecule has 0 bridgehead atoms. The fourth-order valence-corrected chi connectivity index (χ4v) is 1.63. The number of aliphatic hydroxyl groups is 1. The number of nitrogens with one attached hydrogen (secondary N) is 1. The first kappa shape index (κ1) is 17.3. The predicted molar refractivity (Wildman–Crippen MR) is 60.1 cm³/mol. The average molecular weight is 315 g/mol. The van der Waals surface area contributed by atoms with Crippen LogP contribution < -0.4 is 5.32 Å². The Morgan fingerprint density at radius 1 is 1.10 bits per heavy atom. The molecule has 1 amide bonds. The first-order valence-corrected chi connectivity index (χ1v) is 5.67. The van der Waals surface area contributed by atoms with Crippen molar-refractivity contribution in [1.29, 1.82) is 0 Å². The maximum Gasteiger partial charge on any atom is 0.416 e. The Labute approximate surface area is 115 Å². The van der Waals surface area contributed by atoms with Gasteiger partial charge in [-0.15, -0.1) is 0 Å². The van der Waals surface area contributed by atoms with Gasteiger partial charge in [-0.1, -0.05) is 12.1 Å². The van der Waals surface area contributed by atoms with Crippen molar-refractivity contribution >= 4 is 5.91 Å². The van der Waals surface area contributed by atoms with Crippen LogP contribution in [0.15, 0.2) is 24.3 Å². The van der Waals surface area contributed by atoms with Crippen molar-refractivity contribution in [3.8, 4) is 0 Å². The van der Waals surface area contributed by atoms with Gasteiger partial charge in [-0.05, 0) is 17.7 Å². The standard InChI is InChI=1S/C12H11F6NO2/c13-11(14,15)5-9(19-10(21)6-20)7-1-3-8(4-2-7)12(16,17)18/h1-4,9,20H,5-6H2,(H,19,21). The molecule has 0 aliphatic carbocycles. The minimum absolute atomic E-state index is 0.137. The minimum atomic E-state index is -4.63. The molecule has 0 saturated heterocycles. The maximum atomic E-state index is 12.4. The first-order valence-electron chi connectivity index (χ1n) is 5.67. The summed E-state index contributed by atoms with van der Waals surface area (Å²) in [4.78, 5) is 11.0. The quantitative estimate of drug-likeness (QED) is 0.840. The van der Waals surface area contributed by atoms with Gasteiger partial charge in [-0.3, -0.25) is 4.79 Å². The van der Waals surface area contributed by atoms with Crippen LogP contribution in [0.1, 0.15) is 23.6 Å². The topological polar surface area (TPSA) is 49.3 Å². The summed E-state index contributed by atoms with van der Waals surface area (Å²) in [5, 5.41) is 10.4. The number of carbonyl (C=O) groups excluding carboxylic acids is 1. The highest BCUT2D eigenvalue weighted by atomic mass is 19.4. The zero-order valence-corrected chi connectivity index (χ0v) is 10.4. The number of rotatable bonds is 4. The van der Waals surface area contributed by atoms with Crippen LogP contribution in [-0.4, -0.2) is 23.8 Å². The summed E-state index contributed by atoms with van der Waals surface area (Å²) in [6, 6.07) is 1.41. The fraction of sp³-hybridized carbons (Fsp3) is 0.417. The zero-order chi connectivity index (χ0) is 16.3. The van der Waals surface area contributed by atoms with Gasteiger partial charge >= 0.3 is 12.4 Å². The maximum absolute atomic E-state index is 12.4. The van der Waals surface area contributed by atoms with Crippen LogP contribution in [0.5, 0.6) is 0 Å². The van der Waals surface area contributed by atoms with Crippen molar-refractivity contribution < 1.29 is 36.2 Å². The lowest BCUT2D eigenvalue weighted by molar-refractivity contribution is -0.144. The Bertz CT molecular complexity index is 480. The SMILES string of the molecule is O=C(CO)NC(CC(F)(F)F)c1ccc(C(F)(F)F)cc1. The van der Waals surface area contributed by atoms with E-state index in [9.17, 15) is 31.1 Å². The van der Waals surface area contributed by atoms with E-state index in [0.29, 0.717) is 12.1 Å². The molecule has 1 atom stereocenters. The van der Waals surface area contributed by atoms with E-state index in [-0.39, 0.29) is 5.56 Å². The molecule has 0 fully saturated rings. The molecule has 0 radical (unpaired) electrons. The van der Waals surface area contributed by atoms with Crippen molar-refractivity contribution in [3.63, 3.8) is 0 Å². The van der Waals surface area contributed by atoms with Crippen molar-refractivity contribution in [3.05, 3.63) is 35.4 Å². The molecule has 1 rings (SSSR count). The highest BCUT2D eigenvalue weighted by molar-refractivity contribution is 5.77. The molecule has 0 spiro atoms. The molecule has 0 aromatic heterocycles. The number of hydrogen-bond donors (Lipinski definition) is 2. The molecule has 1 aromatic rings. The molecule has 1 unspecified atom stereocenters. The van der Waals surface area contributed by atoms with E-state index in [1.807, 2.05) is 5.32 Å². The summed E-state index contributed by atoms with van der Waals surface area (Å²) in [6.07, 6.45) is -10.7. The summed E-state index contributed by atoms with van der Waals surface area (Å²) >= 11 is 0. The summed E-state index contributed by atoms with van der Waals surface area (Å²) in [5.74, 6) is -1.05. The smallest absolute Gasteiger partial charge is 0.387 e. The highest BCUT2D eigenvalue weighted by Gasteiger charge is 2.34. The van der Waals surface area contributed by atoms with Crippen molar-refractivity contribution in [2.75, 3.05) is 6.61 Å². The van der Waals surface area contributed by atoms with Gasteiger partial charge in [0.1, 0.15) is 6.61 Å². The van der Waals surface area contributed by atoms with E-state index in [1.54, 1.807) is 0 Å². The van der Waals surface area contributed by atoms with Gasteiger partial charge in [0, 0.05) is 0 Å². The third-order valence-corrected chi connectivity index (χ3v) is 2.55. The van der Waals surface area contributed by atoms with Gasteiger partial charge in [0.15, 0.2) is 0 Å². The van der Waals surface area contributed by atoms with Gasteiger partial charge < -0.3 is 10.4 Å². The number of aliphatic hydroxyl groups excluding tert-OH is 1. The zero-order valence-electron chi connectivity index (χ0n) is 10.4. The molecule has 3 nitrogen and oxygen atoms in total. The number of carbonyl (C=O) groups is 1. The number of amides is 1. The number of alkyl halides is 6. The lowest BCUT2D eigenvalue weighted by Crippen LogP contribution is -2.33. The van der Waals surface area contributed by atoms with E-state index in [2.05, 4.69) is 0 Å². The molecule has 0 aliphatic heterocycles. The van der Waals surface area contributed by atoms with Gasteiger partial charge in [-0.25, -0.2) is 0 Å². The van der Waals surface area contributed by atoms with Crippen LogP contribution in [-0.2, 0) is 11.0 Å². The van der Waals surface area contributed by atoms with E-state index >= 15 is 0 Å². The second-order valence-electron chi connectivity index (χ2n) is 4.22. The summed E-state index contributed by atoms with van der Waals surface area (Å²) in [5.41, 5.74) is -1.15. The fourth-order valence-electron chi connectivity index (χ4n) is 1.63. The molecular formula is C12H11F6NO2. The average Bonchev–Trinajstić information content (AvgIpc) is 2.35. The minimum Gasteiger partial charge on any atom is -0.387 e. The first-order chi connectivity index (χ1) is 9.53. The molecule has 0 saturated carbocycles.